The van der Waals surface area contributed by atoms with E-state index in [4.69, 9.17) is 16.3 Å². The van der Waals surface area contributed by atoms with Gasteiger partial charge in [0.1, 0.15) is 6.04 Å². The van der Waals surface area contributed by atoms with E-state index in [1.54, 1.807) is 11.8 Å². The highest BCUT2D eigenvalue weighted by molar-refractivity contribution is 6.31. The van der Waals surface area contributed by atoms with Gasteiger partial charge in [0.05, 0.1) is 13.2 Å². The summed E-state index contributed by atoms with van der Waals surface area (Å²) < 4.78 is 7.03. The van der Waals surface area contributed by atoms with E-state index in [1.165, 1.54) is 5.56 Å². The number of aromatic nitrogens is 5. The third-order valence-electron chi connectivity index (χ3n) is 6.88. The Bertz CT molecular complexity index is 1600. The van der Waals surface area contributed by atoms with Crippen molar-refractivity contribution >= 4 is 22.5 Å². The summed E-state index contributed by atoms with van der Waals surface area (Å²) in [5.74, 6) is 0.562. The van der Waals surface area contributed by atoms with Crippen molar-refractivity contribution in [1.82, 2.24) is 30.1 Å². The average molecular weight is 543 g/mol. The van der Waals surface area contributed by atoms with Gasteiger partial charge < -0.3 is 9.72 Å². The van der Waals surface area contributed by atoms with Gasteiger partial charge in [-0.3, -0.25) is 9.69 Å². The van der Waals surface area contributed by atoms with E-state index in [2.05, 4.69) is 50.5 Å². The molecule has 0 unspecified atom stereocenters. The van der Waals surface area contributed by atoms with Crippen LogP contribution < -0.4 is 5.56 Å². The van der Waals surface area contributed by atoms with Gasteiger partial charge in [-0.05, 0) is 63.2 Å². The van der Waals surface area contributed by atoms with E-state index in [-0.39, 0.29) is 5.56 Å². The number of hydrogen-bond donors (Lipinski definition) is 1. The van der Waals surface area contributed by atoms with Crippen molar-refractivity contribution in [2.45, 2.75) is 39.0 Å². The SMILES string of the molecule is CCc1ccc2[nH]c(=O)c([C@@H](c3nnnn3CCOC)N(Cc3ccccc3)Cc3ccccc3Cl)cc2c1. The molecule has 2 heterocycles. The van der Waals surface area contributed by atoms with Crippen molar-refractivity contribution in [2.75, 3.05) is 13.7 Å². The molecule has 200 valence electrons. The van der Waals surface area contributed by atoms with E-state index in [1.807, 2.05) is 60.7 Å². The van der Waals surface area contributed by atoms with Crippen molar-refractivity contribution in [1.29, 1.82) is 0 Å². The zero-order valence-electron chi connectivity index (χ0n) is 22.0. The molecule has 8 nitrogen and oxygen atoms in total. The molecule has 0 bridgehead atoms. The molecule has 0 saturated heterocycles. The Morgan fingerprint density at radius 3 is 2.56 bits per heavy atom. The van der Waals surface area contributed by atoms with Crippen LogP contribution in [0.3, 0.4) is 0 Å². The minimum absolute atomic E-state index is 0.185. The van der Waals surface area contributed by atoms with Crippen LogP contribution in [0.1, 0.15) is 41.0 Å². The molecule has 0 radical (unpaired) electrons. The number of methoxy groups -OCH3 is 1. The Labute approximate surface area is 232 Å². The number of hydrogen-bond acceptors (Lipinski definition) is 6. The highest BCUT2D eigenvalue weighted by Gasteiger charge is 2.31. The molecule has 0 spiro atoms. The number of fused-ring (bicyclic) bond motifs is 1. The molecule has 0 aliphatic heterocycles. The zero-order chi connectivity index (χ0) is 27.2. The van der Waals surface area contributed by atoms with Gasteiger partial charge in [0.15, 0.2) is 5.82 Å². The summed E-state index contributed by atoms with van der Waals surface area (Å²) >= 11 is 6.63. The summed E-state index contributed by atoms with van der Waals surface area (Å²) in [5, 5.41) is 14.3. The maximum Gasteiger partial charge on any atom is 0.253 e. The second-order valence-corrected chi connectivity index (χ2v) is 9.87. The van der Waals surface area contributed by atoms with Gasteiger partial charge in [-0.15, -0.1) is 5.10 Å². The predicted octanol–water partition coefficient (Wildman–Crippen LogP) is 5.17. The lowest BCUT2D eigenvalue weighted by Gasteiger charge is -2.31. The maximum absolute atomic E-state index is 13.7. The molecule has 0 aliphatic carbocycles. The lowest BCUT2D eigenvalue weighted by molar-refractivity contribution is 0.169. The first kappa shape index (κ1) is 26.7. The van der Waals surface area contributed by atoms with E-state index in [9.17, 15) is 4.79 Å². The molecule has 3 aromatic carbocycles. The second kappa shape index (κ2) is 12.3. The number of tetrazole rings is 1. The molecule has 9 heteroatoms. The van der Waals surface area contributed by atoms with Crippen LogP contribution in [-0.2, 0) is 30.8 Å². The molecule has 0 amide bonds. The van der Waals surface area contributed by atoms with Gasteiger partial charge >= 0.3 is 0 Å². The van der Waals surface area contributed by atoms with Crippen LogP contribution >= 0.6 is 11.6 Å². The standard InChI is InChI=1S/C30H31ClN6O2/c1-3-21-13-14-27-24(17-21)18-25(30(38)32-27)28(29-33-34-35-37(29)15-16-39-2)36(19-22-9-5-4-6-10-22)20-23-11-7-8-12-26(23)31/h4-14,17-18,28H,3,15-16,19-20H2,1-2H3,(H,32,38)/t28-/m0/s1. The molecular formula is C30H31ClN6O2. The number of nitrogens with one attached hydrogen (secondary N) is 1. The molecule has 2 aromatic heterocycles. The van der Waals surface area contributed by atoms with Crippen LogP contribution in [0.2, 0.25) is 5.02 Å². The van der Waals surface area contributed by atoms with Crippen LogP contribution in [0, 0.1) is 0 Å². The Morgan fingerprint density at radius 1 is 1.00 bits per heavy atom. The minimum Gasteiger partial charge on any atom is -0.383 e. The van der Waals surface area contributed by atoms with E-state index < -0.39 is 6.04 Å². The minimum atomic E-state index is -0.563. The van der Waals surface area contributed by atoms with E-state index in [0.29, 0.717) is 42.7 Å². The molecule has 0 aliphatic rings. The van der Waals surface area contributed by atoms with Crippen LogP contribution in [0.4, 0.5) is 0 Å². The Balaban J connectivity index is 1.70. The third-order valence-corrected chi connectivity index (χ3v) is 7.25. The quantitative estimate of drug-likeness (QED) is 0.248. The number of nitrogens with zero attached hydrogens (tertiary/aromatic N) is 5. The first-order valence-electron chi connectivity index (χ1n) is 13.0. The highest BCUT2D eigenvalue weighted by Crippen LogP contribution is 2.31. The topological polar surface area (TPSA) is 88.9 Å². The normalized spacial score (nSPS) is 12.3. The first-order valence-corrected chi connectivity index (χ1v) is 13.4. The summed E-state index contributed by atoms with van der Waals surface area (Å²) in [5.41, 5.74) is 4.40. The van der Waals surface area contributed by atoms with Gasteiger partial charge in [0, 0.05) is 36.3 Å². The smallest absolute Gasteiger partial charge is 0.253 e. The Morgan fingerprint density at radius 2 is 1.79 bits per heavy atom. The van der Waals surface area contributed by atoms with Crippen molar-refractivity contribution in [3.05, 3.63) is 122 Å². The second-order valence-electron chi connectivity index (χ2n) is 9.47. The molecule has 5 aromatic rings. The fourth-order valence-electron chi connectivity index (χ4n) is 4.84. The fraction of sp³-hybridized carbons (Fsp3) is 0.267. The number of aryl methyl sites for hydroxylation is 1. The number of rotatable bonds is 11. The van der Waals surface area contributed by atoms with Crippen molar-refractivity contribution in [2.24, 2.45) is 0 Å². The predicted molar refractivity (Wildman–Crippen MR) is 153 cm³/mol. The molecular weight excluding hydrogens is 512 g/mol. The Hall–Kier alpha value is -3.85. The lowest BCUT2D eigenvalue weighted by Crippen LogP contribution is -2.35. The van der Waals surface area contributed by atoms with Crippen LogP contribution in [-0.4, -0.2) is 43.8 Å². The molecule has 1 N–H and O–H groups in total. The van der Waals surface area contributed by atoms with Crippen molar-refractivity contribution in [3.63, 3.8) is 0 Å². The summed E-state index contributed by atoms with van der Waals surface area (Å²) in [6, 6.07) is 25.4. The van der Waals surface area contributed by atoms with Crippen molar-refractivity contribution < 1.29 is 4.74 Å². The van der Waals surface area contributed by atoms with Gasteiger partial charge in [0.25, 0.3) is 5.56 Å². The molecule has 0 saturated carbocycles. The summed E-state index contributed by atoms with van der Waals surface area (Å²) in [6.45, 7) is 4.02. The number of ether oxygens (including phenoxy) is 1. The summed E-state index contributed by atoms with van der Waals surface area (Å²) in [4.78, 5) is 19.0. The average Bonchev–Trinajstić information content (AvgIpc) is 3.41. The largest absolute Gasteiger partial charge is 0.383 e. The maximum atomic E-state index is 13.7. The summed E-state index contributed by atoms with van der Waals surface area (Å²) in [7, 11) is 1.64. The molecule has 1 atom stereocenters. The summed E-state index contributed by atoms with van der Waals surface area (Å²) in [6.07, 6.45) is 0.899. The number of aromatic amines is 1. The highest BCUT2D eigenvalue weighted by atomic mass is 35.5. The third kappa shape index (κ3) is 6.09. The monoisotopic (exact) mass is 542 g/mol. The molecule has 39 heavy (non-hydrogen) atoms. The van der Waals surface area contributed by atoms with Gasteiger partial charge in [0.2, 0.25) is 0 Å². The number of H-pyrrole nitrogens is 1. The molecule has 0 fully saturated rings. The number of halogens is 1. The van der Waals surface area contributed by atoms with Crippen LogP contribution in [0.5, 0.6) is 0 Å². The number of pyridine rings is 1. The number of benzene rings is 3. The van der Waals surface area contributed by atoms with E-state index >= 15 is 0 Å². The van der Waals surface area contributed by atoms with Gasteiger partial charge in [-0.25, -0.2) is 4.68 Å². The zero-order valence-corrected chi connectivity index (χ0v) is 22.8. The lowest BCUT2D eigenvalue weighted by atomic mass is 10.0. The van der Waals surface area contributed by atoms with Crippen LogP contribution in [0.25, 0.3) is 10.9 Å². The Kier molecular flexibility index (Phi) is 8.46. The first-order chi connectivity index (χ1) is 19.1. The fourth-order valence-corrected chi connectivity index (χ4v) is 5.04. The van der Waals surface area contributed by atoms with E-state index in [0.717, 1.165) is 28.5 Å². The van der Waals surface area contributed by atoms with Crippen molar-refractivity contribution in [3.8, 4) is 0 Å². The van der Waals surface area contributed by atoms with Crippen LogP contribution in [0.15, 0.2) is 83.7 Å². The molecule has 5 rings (SSSR count). The van der Waals surface area contributed by atoms with Gasteiger partial charge in [-0.1, -0.05) is 73.1 Å². The van der Waals surface area contributed by atoms with Gasteiger partial charge in [-0.2, -0.15) is 0 Å².